The predicted octanol–water partition coefficient (Wildman–Crippen LogP) is 2.00. The molecule has 0 aliphatic carbocycles. The van der Waals surface area contributed by atoms with E-state index in [1.54, 1.807) is 6.92 Å². The lowest BCUT2D eigenvalue weighted by molar-refractivity contribution is -0.126. The van der Waals surface area contributed by atoms with Crippen LogP contribution >= 0.6 is 0 Å². The molecule has 1 saturated heterocycles. The molecule has 3 atom stereocenters. The molecule has 104 valence electrons. The third-order valence-electron chi connectivity index (χ3n) is 3.66. The maximum atomic E-state index is 13.1. The Morgan fingerprint density at radius 3 is 2.68 bits per heavy atom. The average molecular weight is 268 g/mol. The topological polar surface area (TPSA) is 41.1 Å². The van der Waals surface area contributed by atoms with Gasteiger partial charge in [-0.2, -0.15) is 0 Å². The van der Waals surface area contributed by atoms with E-state index in [4.69, 9.17) is 0 Å². The maximum absolute atomic E-state index is 13.1. The molecule has 19 heavy (non-hydrogen) atoms. The number of nitrogens with one attached hydrogen (secondary N) is 2. The minimum Gasteiger partial charge on any atom is -0.349 e. The molecule has 0 radical (unpaired) electrons. The van der Waals surface area contributed by atoms with Crippen molar-refractivity contribution >= 4 is 5.91 Å². The van der Waals surface area contributed by atoms with Crippen molar-refractivity contribution < 1.29 is 13.6 Å². The van der Waals surface area contributed by atoms with Gasteiger partial charge in [0, 0.05) is 6.54 Å². The van der Waals surface area contributed by atoms with Crippen LogP contribution in [0.4, 0.5) is 8.78 Å². The first kappa shape index (κ1) is 13.9. The van der Waals surface area contributed by atoms with Crippen LogP contribution in [0.1, 0.15) is 25.5 Å². The summed E-state index contributed by atoms with van der Waals surface area (Å²) in [7, 11) is 0. The summed E-state index contributed by atoms with van der Waals surface area (Å²) in [6.07, 6.45) is 0. The smallest absolute Gasteiger partial charge is 0.225 e. The van der Waals surface area contributed by atoms with Gasteiger partial charge in [-0.15, -0.1) is 0 Å². The number of rotatable bonds is 3. The quantitative estimate of drug-likeness (QED) is 0.880. The monoisotopic (exact) mass is 268 g/mol. The van der Waals surface area contributed by atoms with Gasteiger partial charge < -0.3 is 10.6 Å². The zero-order valence-corrected chi connectivity index (χ0v) is 11.0. The van der Waals surface area contributed by atoms with Crippen LogP contribution in [0.5, 0.6) is 0 Å². The predicted molar refractivity (Wildman–Crippen MR) is 68.4 cm³/mol. The lowest BCUT2D eigenvalue weighted by atomic mass is 9.96. The van der Waals surface area contributed by atoms with Crippen LogP contribution < -0.4 is 10.6 Å². The Balaban J connectivity index is 2.02. The molecule has 1 fully saturated rings. The lowest BCUT2D eigenvalue weighted by Gasteiger charge is -2.19. The van der Waals surface area contributed by atoms with Crippen LogP contribution in [0, 0.1) is 23.5 Å². The molecule has 1 heterocycles. The van der Waals surface area contributed by atoms with Crippen molar-refractivity contribution in [1.29, 1.82) is 0 Å². The Kier molecular flexibility index (Phi) is 4.14. The van der Waals surface area contributed by atoms with E-state index in [2.05, 4.69) is 10.6 Å². The van der Waals surface area contributed by atoms with Crippen LogP contribution in [0.25, 0.3) is 0 Å². The highest BCUT2D eigenvalue weighted by atomic mass is 19.2. The van der Waals surface area contributed by atoms with Crippen LogP contribution in [0.15, 0.2) is 18.2 Å². The van der Waals surface area contributed by atoms with E-state index in [1.807, 2.05) is 6.92 Å². The Labute approximate surface area is 111 Å². The molecule has 1 aliphatic heterocycles. The molecule has 0 saturated carbocycles. The second-order valence-electron chi connectivity index (χ2n) is 5.15. The van der Waals surface area contributed by atoms with Crippen molar-refractivity contribution in [3.8, 4) is 0 Å². The number of halogens is 2. The molecular formula is C14H18F2N2O. The number of hydrogen-bond donors (Lipinski definition) is 2. The minimum absolute atomic E-state index is 0.0465. The van der Waals surface area contributed by atoms with E-state index in [0.717, 1.165) is 18.7 Å². The number of hydrogen-bond acceptors (Lipinski definition) is 2. The van der Waals surface area contributed by atoms with Crippen molar-refractivity contribution in [2.45, 2.75) is 19.9 Å². The van der Waals surface area contributed by atoms with E-state index in [1.165, 1.54) is 6.07 Å². The van der Waals surface area contributed by atoms with Crippen LogP contribution in [0.2, 0.25) is 0 Å². The normalized spacial score (nSPS) is 24.2. The maximum Gasteiger partial charge on any atom is 0.225 e. The van der Waals surface area contributed by atoms with Gasteiger partial charge in [-0.1, -0.05) is 13.0 Å². The molecule has 0 spiro atoms. The zero-order valence-electron chi connectivity index (χ0n) is 11.0. The average Bonchev–Trinajstić information content (AvgIpc) is 2.79. The van der Waals surface area contributed by atoms with Gasteiger partial charge in [-0.3, -0.25) is 4.79 Å². The number of carbonyl (C=O) groups is 1. The van der Waals surface area contributed by atoms with Crippen molar-refractivity contribution in [3.63, 3.8) is 0 Å². The summed E-state index contributed by atoms with van der Waals surface area (Å²) >= 11 is 0. The standard InChI is InChI=1S/C14H18F2N2O/c1-8-6-17-7-11(8)14(19)18-9(2)10-3-4-12(15)13(16)5-10/h3-5,8-9,11,17H,6-7H2,1-2H3,(H,18,19)/t8-,9?,11-/m1/s1. The number of amides is 1. The van der Waals surface area contributed by atoms with Crippen molar-refractivity contribution in [2.75, 3.05) is 13.1 Å². The Morgan fingerprint density at radius 1 is 1.37 bits per heavy atom. The fourth-order valence-electron chi connectivity index (χ4n) is 2.35. The fraction of sp³-hybridized carbons (Fsp3) is 0.500. The Morgan fingerprint density at radius 2 is 2.11 bits per heavy atom. The van der Waals surface area contributed by atoms with Gasteiger partial charge in [0.2, 0.25) is 5.91 Å². The van der Waals surface area contributed by atoms with E-state index in [9.17, 15) is 13.6 Å². The molecular weight excluding hydrogens is 250 g/mol. The molecule has 2 N–H and O–H groups in total. The van der Waals surface area contributed by atoms with Gasteiger partial charge >= 0.3 is 0 Å². The zero-order chi connectivity index (χ0) is 14.0. The highest BCUT2D eigenvalue weighted by Crippen LogP contribution is 2.20. The molecule has 1 aromatic carbocycles. The molecule has 1 amide bonds. The minimum atomic E-state index is -0.894. The van der Waals surface area contributed by atoms with Crippen LogP contribution in [-0.4, -0.2) is 19.0 Å². The third kappa shape index (κ3) is 3.10. The summed E-state index contributed by atoms with van der Waals surface area (Å²) in [5, 5.41) is 6.01. The summed E-state index contributed by atoms with van der Waals surface area (Å²) in [6.45, 7) is 5.28. The van der Waals surface area contributed by atoms with Gasteiger partial charge in [0.25, 0.3) is 0 Å². The summed E-state index contributed by atoms with van der Waals surface area (Å²) in [6, 6.07) is 3.35. The summed E-state index contributed by atoms with van der Waals surface area (Å²) < 4.78 is 26.0. The Hall–Kier alpha value is -1.49. The van der Waals surface area contributed by atoms with Gasteiger partial charge in [-0.25, -0.2) is 8.78 Å². The molecule has 1 aliphatic rings. The largest absolute Gasteiger partial charge is 0.349 e. The molecule has 2 rings (SSSR count). The highest BCUT2D eigenvalue weighted by molar-refractivity contribution is 5.80. The van der Waals surface area contributed by atoms with E-state index in [-0.39, 0.29) is 23.8 Å². The first-order valence-electron chi connectivity index (χ1n) is 6.45. The van der Waals surface area contributed by atoms with Crippen molar-refractivity contribution in [3.05, 3.63) is 35.4 Å². The lowest BCUT2D eigenvalue weighted by Crippen LogP contribution is -2.36. The van der Waals surface area contributed by atoms with Crippen molar-refractivity contribution in [1.82, 2.24) is 10.6 Å². The van der Waals surface area contributed by atoms with E-state index >= 15 is 0 Å². The second kappa shape index (κ2) is 5.65. The molecule has 0 aromatic heterocycles. The second-order valence-corrected chi connectivity index (χ2v) is 5.15. The van der Waals surface area contributed by atoms with E-state index in [0.29, 0.717) is 12.1 Å². The molecule has 3 nitrogen and oxygen atoms in total. The number of carbonyl (C=O) groups excluding carboxylic acids is 1. The van der Waals surface area contributed by atoms with Crippen LogP contribution in [-0.2, 0) is 4.79 Å². The third-order valence-corrected chi connectivity index (χ3v) is 3.66. The highest BCUT2D eigenvalue weighted by Gasteiger charge is 2.30. The Bertz CT molecular complexity index is 479. The van der Waals surface area contributed by atoms with Gasteiger partial charge in [0.05, 0.1) is 12.0 Å². The van der Waals surface area contributed by atoms with E-state index < -0.39 is 11.6 Å². The van der Waals surface area contributed by atoms with Gasteiger partial charge in [-0.05, 0) is 37.1 Å². The SMILES string of the molecule is CC(NC(=O)[C@@H]1CNC[C@H]1C)c1ccc(F)c(F)c1. The summed E-state index contributed by atoms with van der Waals surface area (Å²) in [4.78, 5) is 12.1. The molecule has 1 unspecified atom stereocenters. The molecule has 1 aromatic rings. The van der Waals surface area contributed by atoms with Gasteiger partial charge in [0.15, 0.2) is 11.6 Å². The summed E-state index contributed by atoms with van der Waals surface area (Å²) in [5.41, 5.74) is 0.561. The van der Waals surface area contributed by atoms with Crippen molar-refractivity contribution in [2.24, 2.45) is 11.8 Å². The summed E-state index contributed by atoms with van der Waals surface area (Å²) in [5.74, 6) is -1.59. The first-order valence-corrected chi connectivity index (χ1v) is 6.45. The molecule has 0 bridgehead atoms. The van der Waals surface area contributed by atoms with Crippen LogP contribution in [0.3, 0.4) is 0 Å². The first-order chi connectivity index (χ1) is 8.99. The molecule has 5 heteroatoms. The number of benzene rings is 1. The fourth-order valence-corrected chi connectivity index (χ4v) is 2.35. The van der Waals surface area contributed by atoms with Gasteiger partial charge in [0.1, 0.15) is 0 Å².